The van der Waals surface area contributed by atoms with Crippen LogP contribution in [-0.2, 0) is 0 Å². The molecule has 0 aliphatic carbocycles. The molecule has 0 radical (unpaired) electrons. The predicted octanol–water partition coefficient (Wildman–Crippen LogP) is 3.26. The summed E-state index contributed by atoms with van der Waals surface area (Å²) in [6.07, 6.45) is 1.63. The van der Waals surface area contributed by atoms with E-state index in [0.29, 0.717) is 19.2 Å². The summed E-state index contributed by atoms with van der Waals surface area (Å²) >= 11 is 0. The number of nitriles is 1. The molecule has 6 nitrogen and oxygen atoms in total. The maximum absolute atomic E-state index is 13.7. The van der Waals surface area contributed by atoms with Crippen molar-refractivity contribution in [2.45, 2.75) is 25.8 Å². The van der Waals surface area contributed by atoms with E-state index in [4.69, 9.17) is 0 Å². The molecule has 3 rings (SSSR count). The van der Waals surface area contributed by atoms with Gasteiger partial charge in [-0.15, -0.1) is 0 Å². The van der Waals surface area contributed by atoms with Gasteiger partial charge in [0.2, 0.25) is 0 Å². The molecule has 0 N–H and O–H groups in total. The van der Waals surface area contributed by atoms with Gasteiger partial charge in [-0.05, 0) is 37.5 Å². The molecule has 2 heterocycles. The van der Waals surface area contributed by atoms with Gasteiger partial charge in [0.05, 0.1) is 12.1 Å². The first-order valence-corrected chi connectivity index (χ1v) is 7.95. The third-order valence-electron chi connectivity index (χ3n) is 4.47. The lowest BCUT2D eigenvalue weighted by Gasteiger charge is -2.37. The fourth-order valence-corrected chi connectivity index (χ4v) is 3.28. The van der Waals surface area contributed by atoms with Crippen LogP contribution in [0.15, 0.2) is 23.2 Å². The molecule has 1 aromatic carbocycles. The highest BCUT2D eigenvalue weighted by atomic mass is 19.1. The fraction of sp³-hybridized carbons (Fsp3) is 0.412. The fourth-order valence-electron chi connectivity index (χ4n) is 3.28. The van der Waals surface area contributed by atoms with Crippen LogP contribution in [0.25, 0.3) is 0 Å². The minimum atomic E-state index is -1.12. The number of carbonyl (C=O) groups excluding carboxylic acids is 2. The second kappa shape index (κ2) is 6.59. The lowest BCUT2D eigenvalue weighted by atomic mass is 9.88. The van der Waals surface area contributed by atoms with E-state index in [2.05, 4.69) is 4.99 Å². The van der Waals surface area contributed by atoms with E-state index in [-0.39, 0.29) is 11.3 Å². The number of nitrogens with zero attached hydrogens (tertiary/aromatic N) is 4. The van der Waals surface area contributed by atoms with Crippen LogP contribution in [-0.4, -0.2) is 40.7 Å². The topological polar surface area (TPSA) is 76.8 Å². The van der Waals surface area contributed by atoms with Crippen molar-refractivity contribution >= 4 is 17.8 Å². The van der Waals surface area contributed by atoms with Crippen LogP contribution in [0.4, 0.5) is 18.4 Å². The van der Waals surface area contributed by atoms with Crippen molar-refractivity contribution < 1.29 is 18.4 Å². The SMILES string of the molecule is CC1=NC(=O)N(C(=O)N2CCCC2)C(c2cc(F)cc(F)c2)C1C#N. The molecule has 1 fully saturated rings. The Labute approximate surface area is 143 Å². The molecule has 130 valence electrons. The molecule has 8 heteroatoms. The molecule has 0 bridgehead atoms. The number of rotatable bonds is 1. The summed E-state index contributed by atoms with van der Waals surface area (Å²) in [6.45, 7) is 2.48. The largest absolute Gasteiger partial charge is 0.352 e. The summed E-state index contributed by atoms with van der Waals surface area (Å²) in [5.41, 5.74) is 0.270. The summed E-state index contributed by atoms with van der Waals surface area (Å²) in [7, 11) is 0. The number of aliphatic imine (C=N–C) groups is 1. The predicted molar refractivity (Wildman–Crippen MR) is 84.7 cm³/mol. The number of imide groups is 1. The Morgan fingerprint density at radius 2 is 1.84 bits per heavy atom. The number of hydrogen-bond donors (Lipinski definition) is 0. The molecule has 4 amide bonds. The Morgan fingerprint density at radius 3 is 2.40 bits per heavy atom. The average Bonchev–Trinajstić information content (AvgIpc) is 3.07. The molecule has 2 aliphatic rings. The molecule has 2 aliphatic heterocycles. The summed E-state index contributed by atoms with van der Waals surface area (Å²) in [4.78, 5) is 31.3. The van der Waals surface area contributed by atoms with Crippen LogP contribution >= 0.6 is 0 Å². The first-order chi connectivity index (χ1) is 11.9. The summed E-state index contributed by atoms with van der Waals surface area (Å²) in [5.74, 6) is -2.65. The van der Waals surface area contributed by atoms with Crippen molar-refractivity contribution in [2.24, 2.45) is 10.9 Å². The third-order valence-corrected chi connectivity index (χ3v) is 4.47. The van der Waals surface area contributed by atoms with Crippen molar-refractivity contribution in [3.63, 3.8) is 0 Å². The van der Waals surface area contributed by atoms with Crippen molar-refractivity contribution in [3.8, 4) is 6.07 Å². The van der Waals surface area contributed by atoms with Crippen molar-refractivity contribution in [3.05, 3.63) is 35.4 Å². The zero-order valence-electron chi connectivity index (χ0n) is 13.6. The number of hydrogen-bond acceptors (Lipinski definition) is 3. The van der Waals surface area contributed by atoms with Gasteiger partial charge in [0.25, 0.3) is 0 Å². The Morgan fingerprint density at radius 1 is 1.24 bits per heavy atom. The van der Waals surface area contributed by atoms with Crippen LogP contribution in [0.5, 0.6) is 0 Å². The molecule has 0 aromatic heterocycles. The van der Waals surface area contributed by atoms with Crippen molar-refractivity contribution in [1.29, 1.82) is 5.26 Å². The molecule has 0 spiro atoms. The standard InChI is InChI=1S/C17H16F2N4O2/c1-10-14(9-20)15(11-6-12(18)8-13(19)7-11)23(16(24)21-10)17(25)22-4-2-3-5-22/h6-8,14-15H,2-5H2,1H3. The van der Waals surface area contributed by atoms with E-state index < -0.39 is 35.7 Å². The number of halogens is 2. The quantitative estimate of drug-likeness (QED) is 0.783. The average molecular weight is 346 g/mol. The Kier molecular flexibility index (Phi) is 4.49. The van der Waals surface area contributed by atoms with Gasteiger partial charge in [-0.3, -0.25) is 0 Å². The zero-order chi connectivity index (χ0) is 18.1. The maximum Gasteiger partial charge on any atom is 0.352 e. The highest BCUT2D eigenvalue weighted by Crippen LogP contribution is 2.35. The van der Waals surface area contributed by atoms with Gasteiger partial charge in [0, 0.05) is 24.9 Å². The molecule has 0 saturated carbocycles. The van der Waals surface area contributed by atoms with E-state index in [1.807, 2.05) is 6.07 Å². The summed E-state index contributed by atoms with van der Waals surface area (Å²) in [5, 5.41) is 9.50. The summed E-state index contributed by atoms with van der Waals surface area (Å²) < 4.78 is 27.4. The third kappa shape index (κ3) is 3.09. The van der Waals surface area contributed by atoms with Crippen molar-refractivity contribution in [2.75, 3.05) is 13.1 Å². The minimum absolute atomic E-state index is 0.0548. The normalized spacial score (nSPS) is 23.4. The lowest BCUT2D eigenvalue weighted by Crippen LogP contribution is -2.51. The second-order valence-corrected chi connectivity index (χ2v) is 6.14. The van der Waals surface area contributed by atoms with Crippen LogP contribution < -0.4 is 0 Å². The molecular formula is C17H16F2N4O2. The number of carbonyl (C=O) groups is 2. The Balaban J connectivity index is 2.10. The molecule has 25 heavy (non-hydrogen) atoms. The van der Waals surface area contributed by atoms with Crippen LogP contribution in [0, 0.1) is 28.9 Å². The summed E-state index contributed by atoms with van der Waals surface area (Å²) in [6, 6.07) is 2.24. The highest BCUT2D eigenvalue weighted by molar-refractivity contribution is 6.05. The monoisotopic (exact) mass is 346 g/mol. The Bertz CT molecular complexity index is 776. The molecule has 1 aromatic rings. The smallest absolute Gasteiger partial charge is 0.324 e. The minimum Gasteiger partial charge on any atom is -0.324 e. The second-order valence-electron chi connectivity index (χ2n) is 6.14. The molecular weight excluding hydrogens is 330 g/mol. The number of benzene rings is 1. The van der Waals surface area contributed by atoms with Gasteiger partial charge in [0.1, 0.15) is 17.6 Å². The van der Waals surface area contributed by atoms with Gasteiger partial charge in [-0.1, -0.05) is 0 Å². The van der Waals surface area contributed by atoms with Crippen LogP contribution in [0.1, 0.15) is 31.4 Å². The van der Waals surface area contributed by atoms with Gasteiger partial charge < -0.3 is 4.90 Å². The van der Waals surface area contributed by atoms with Gasteiger partial charge in [-0.2, -0.15) is 5.26 Å². The molecule has 1 saturated heterocycles. The van der Waals surface area contributed by atoms with E-state index in [0.717, 1.165) is 29.9 Å². The van der Waals surface area contributed by atoms with E-state index in [1.54, 1.807) is 0 Å². The number of likely N-dealkylation sites (tertiary alicyclic amines) is 1. The zero-order valence-corrected chi connectivity index (χ0v) is 13.6. The van der Waals surface area contributed by atoms with Crippen molar-refractivity contribution in [1.82, 2.24) is 9.80 Å². The molecule has 2 unspecified atom stereocenters. The van der Waals surface area contributed by atoms with Crippen LogP contribution in [0.3, 0.4) is 0 Å². The van der Waals surface area contributed by atoms with E-state index >= 15 is 0 Å². The van der Waals surface area contributed by atoms with Gasteiger partial charge in [0.15, 0.2) is 0 Å². The lowest BCUT2D eigenvalue weighted by molar-refractivity contribution is 0.142. The van der Waals surface area contributed by atoms with Gasteiger partial charge >= 0.3 is 12.1 Å². The van der Waals surface area contributed by atoms with Gasteiger partial charge in [-0.25, -0.2) is 28.3 Å². The first kappa shape index (κ1) is 17.0. The van der Waals surface area contributed by atoms with Crippen LogP contribution in [0.2, 0.25) is 0 Å². The number of amides is 4. The van der Waals surface area contributed by atoms with E-state index in [1.165, 1.54) is 11.8 Å². The molecule has 2 atom stereocenters. The first-order valence-electron chi connectivity index (χ1n) is 7.95. The Hall–Kier alpha value is -2.82. The highest BCUT2D eigenvalue weighted by Gasteiger charge is 2.44. The number of urea groups is 2. The van der Waals surface area contributed by atoms with E-state index in [9.17, 15) is 23.6 Å². The maximum atomic E-state index is 13.7.